The molecule has 1 amide bonds. The molecule has 142 valence electrons. The summed E-state index contributed by atoms with van der Waals surface area (Å²) in [6.45, 7) is 4.30. The van der Waals surface area contributed by atoms with Crippen molar-refractivity contribution in [1.82, 2.24) is 4.98 Å². The van der Waals surface area contributed by atoms with E-state index >= 15 is 0 Å². The minimum absolute atomic E-state index is 0.0599. The number of nitrogens with two attached hydrogens (primary N) is 1. The van der Waals surface area contributed by atoms with E-state index in [0.29, 0.717) is 12.2 Å². The van der Waals surface area contributed by atoms with E-state index in [1.165, 1.54) is 5.56 Å². The molecular formula is C21H26N4O2. The second-order valence-electron chi connectivity index (χ2n) is 7.44. The van der Waals surface area contributed by atoms with Crippen molar-refractivity contribution in [3.8, 4) is 0 Å². The van der Waals surface area contributed by atoms with Gasteiger partial charge in [0.05, 0.1) is 17.9 Å². The van der Waals surface area contributed by atoms with Gasteiger partial charge in [-0.3, -0.25) is 9.78 Å². The first kappa shape index (κ1) is 17.9. The van der Waals surface area contributed by atoms with Gasteiger partial charge in [0.25, 0.3) is 5.91 Å². The summed E-state index contributed by atoms with van der Waals surface area (Å²) in [5.74, 6) is -0.0599. The fourth-order valence-electron chi connectivity index (χ4n) is 4.14. The van der Waals surface area contributed by atoms with Crippen LogP contribution in [0.5, 0.6) is 0 Å². The molecule has 2 aliphatic rings. The quantitative estimate of drug-likeness (QED) is 0.900. The van der Waals surface area contributed by atoms with Gasteiger partial charge in [0, 0.05) is 32.4 Å². The Labute approximate surface area is 159 Å². The predicted molar refractivity (Wildman–Crippen MR) is 106 cm³/mol. The second-order valence-corrected chi connectivity index (χ2v) is 7.44. The molecule has 1 aromatic carbocycles. The van der Waals surface area contributed by atoms with Crippen LogP contribution in [0.2, 0.25) is 0 Å². The van der Waals surface area contributed by atoms with E-state index in [4.69, 9.17) is 10.5 Å². The van der Waals surface area contributed by atoms with Crippen molar-refractivity contribution in [2.75, 3.05) is 30.0 Å². The second kappa shape index (κ2) is 7.29. The Bertz CT molecular complexity index is 854. The molecule has 1 saturated heterocycles. The Kier molecular flexibility index (Phi) is 4.85. The van der Waals surface area contributed by atoms with Gasteiger partial charge in [0.1, 0.15) is 5.69 Å². The van der Waals surface area contributed by atoms with Crippen LogP contribution in [0.25, 0.3) is 0 Å². The van der Waals surface area contributed by atoms with Crippen molar-refractivity contribution in [3.63, 3.8) is 0 Å². The molecule has 6 heteroatoms. The average molecular weight is 366 g/mol. The highest BCUT2D eigenvalue weighted by molar-refractivity contribution is 6.06. The maximum absolute atomic E-state index is 13.1. The van der Waals surface area contributed by atoms with Gasteiger partial charge in [-0.05, 0) is 31.4 Å². The summed E-state index contributed by atoms with van der Waals surface area (Å²) in [6, 6.07) is 10.4. The third-order valence-corrected chi connectivity index (χ3v) is 5.40. The largest absolute Gasteiger partial charge is 0.368 e. The molecular weight excluding hydrogens is 340 g/mol. The van der Waals surface area contributed by atoms with E-state index in [1.807, 2.05) is 23.1 Å². The van der Waals surface area contributed by atoms with Crippen molar-refractivity contribution in [2.45, 2.75) is 38.5 Å². The molecule has 4 rings (SSSR count). The van der Waals surface area contributed by atoms with Gasteiger partial charge in [0.15, 0.2) is 6.10 Å². The Balaban J connectivity index is 1.75. The number of pyridine rings is 1. The number of methoxy groups -OCH3 is 1. The Morgan fingerprint density at radius 2 is 2.19 bits per heavy atom. The number of hydrogen-bond acceptors (Lipinski definition) is 5. The summed E-state index contributed by atoms with van der Waals surface area (Å²) in [7, 11) is 1.56. The molecule has 0 bridgehead atoms. The molecule has 6 nitrogen and oxygen atoms in total. The van der Waals surface area contributed by atoms with Crippen LogP contribution in [0.4, 0.5) is 11.4 Å². The van der Waals surface area contributed by atoms with E-state index in [-0.39, 0.29) is 11.9 Å². The molecule has 0 spiro atoms. The predicted octanol–water partition coefficient (Wildman–Crippen LogP) is 2.55. The van der Waals surface area contributed by atoms with Gasteiger partial charge in [-0.2, -0.15) is 0 Å². The van der Waals surface area contributed by atoms with Crippen molar-refractivity contribution >= 4 is 17.3 Å². The molecule has 3 heterocycles. The highest BCUT2D eigenvalue weighted by atomic mass is 16.5. The maximum atomic E-state index is 13.1. The number of amides is 1. The lowest BCUT2D eigenvalue weighted by molar-refractivity contribution is -0.127. The Morgan fingerprint density at radius 1 is 1.33 bits per heavy atom. The van der Waals surface area contributed by atoms with E-state index in [9.17, 15) is 4.79 Å². The number of ether oxygens (including phenoxy) is 1. The van der Waals surface area contributed by atoms with E-state index in [0.717, 1.165) is 42.9 Å². The Morgan fingerprint density at radius 3 is 2.93 bits per heavy atom. The summed E-state index contributed by atoms with van der Waals surface area (Å²) in [5.41, 5.74) is 11.1. The molecule has 0 aliphatic carbocycles. The fraction of sp³-hybridized carbons (Fsp3) is 0.429. The van der Waals surface area contributed by atoms with E-state index < -0.39 is 6.10 Å². The summed E-state index contributed by atoms with van der Waals surface area (Å²) in [5, 5.41) is 0. The third kappa shape index (κ3) is 3.31. The monoisotopic (exact) mass is 366 g/mol. The summed E-state index contributed by atoms with van der Waals surface area (Å²) in [4.78, 5) is 21.7. The molecule has 0 saturated carbocycles. The SMILES string of the molecule is COC1C(=O)N(Cc2cccc(C)c2)c2c(N3CCC[C@@H](N)C3)ccnc21. The van der Waals surface area contributed by atoms with E-state index in [2.05, 4.69) is 28.9 Å². The standard InChI is InChI=1S/C21H26N4O2/c1-14-5-3-6-15(11-14)12-25-19-17(24-10-4-7-16(22)13-24)8-9-23-18(19)20(27-2)21(25)26/h3,5-6,8-9,11,16,20H,4,7,10,12-13,22H2,1-2H3/t16-,20?/m1/s1. The molecule has 2 aromatic rings. The number of rotatable bonds is 4. The lowest BCUT2D eigenvalue weighted by Crippen LogP contribution is -2.43. The number of benzene rings is 1. The van der Waals surface area contributed by atoms with Crippen LogP contribution in [0.15, 0.2) is 36.5 Å². The summed E-state index contributed by atoms with van der Waals surface area (Å²) in [6.07, 6.45) is 3.21. The van der Waals surface area contributed by atoms with Gasteiger partial charge in [-0.25, -0.2) is 0 Å². The lowest BCUT2D eigenvalue weighted by atomic mass is 10.1. The van der Waals surface area contributed by atoms with Crippen molar-refractivity contribution < 1.29 is 9.53 Å². The average Bonchev–Trinajstić information content (AvgIpc) is 2.93. The highest BCUT2D eigenvalue weighted by Crippen LogP contribution is 2.44. The maximum Gasteiger partial charge on any atom is 0.262 e. The molecule has 0 radical (unpaired) electrons. The number of aromatic nitrogens is 1. The van der Waals surface area contributed by atoms with Crippen LogP contribution in [-0.2, 0) is 16.1 Å². The van der Waals surface area contributed by atoms with Crippen LogP contribution in [0.1, 0.15) is 35.8 Å². The number of piperidine rings is 1. The first-order chi connectivity index (χ1) is 13.1. The van der Waals surface area contributed by atoms with Gasteiger partial charge in [0.2, 0.25) is 0 Å². The molecule has 2 N–H and O–H groups in total. The van der Waals surface area contributed by atoms with Crippen molar-refractivity contribution in [1.29, 1.82) is 0 Å². The molecule has 1 aromatic heterocycles. The van der Waals surface area contributed by atoms with E-state index in [1.54, 1.807) is 13.3 Å². The number of carbonyl (C=O) groups excluding carboxylic acids is 1. The third-order valence-electron chi connectivity index (χ3n) is 5.40. The van der Waals surface area contributed by atoms with Crippen molar-refractivity contribution in [3.05, 3.63) is 53.3 Å². The summed E-state index contributed by atoms with van der Waals surface area (Å²) >= 11 is 0. The van der Waals surface area contributed by atoms with Gasteiger partial charge in [-0.1, -0.05) is 29.8 Å². The number of aryl methyl sites for hydroxylation is 1. The smallest absolute Gasteiger partial charge is 0.262 e. The molecule has 2 aliphatic heterocycles. The number of fused-ring (bicyclic) bond motifs is 1. The van der Waals surface area contributed by atoms with Gasteiger partial charge in [-0.15, -0.1) is 0 Å². The van der Waals surface area contributed by atoms with Crippen molar-refractivity contribution in [2.24, 2.45) is 5.73 Å². The zero-order valence-electron chi connectivity index (χ0n) is 15.9. The minimum Gasteiger partial charge on any atom is -0.368 e. The topological polar surface area (TPSA) is 71.7 Å². The number of carbonyl (C=O) groups is 1. The number of hydrogen-bond donors (Lipinski definition) is 1. The van der Waals surface area contributed by atoms with Crippen LogP contribution in [-0.4, -0.2) is 37.1 Å². The molecule has 2 atom stereocenters. The minimum atomic E-state index is -0.650. The molecule has 1 fully saturated rings. The molecule has 1 unspecified atom stereocenters. The lowest BCUT2D eigenvalue weighted by Gasteiger charge is -2.34. The zero-order chi connectivity index (χ0) is 19.0. The van der Waals surface area contributed by atoms with Crippen LogP contribution in [0.3, 0.4) is 0 Å². The first-order valence-electron chi connectivity index (χ1n) is 9.47. The summed E-state index contributed by atoms with van der Waals surface area (Å²) < 4.78 is 5.51. The van der Waals surface area contributed by atoms with Gasteiger partial charge < -0.3 is 20.3 Å². The highest BCUT2D eigenvalue weighted by Gasteiger charge is 2.41. The first-order valence-corrected chi connectivity index (χ1v) is 9.47. The van der Waals surface area contributed by atoms with Crippen LogP contribution >= 0.6 is 0 Å². The van der Waals surface area contributed by atoms with Crippen LogP contribution in [0, 0.1) is 6.92 Å². The number of anilines is 2. The van der Waals surface area contributed by atoms with Crippen LogP contribution < -0.4 is 15.5 Å². The zero-order valence-corrected chi connectivity index (χ0v) is 15.9. The Hall–Kier alpha value is -2.44. The van der Waals surface area contributed by atoms with Gasteiger partial charge >= 0.3 is 0 Å². The molecule has 27 heavy (non-hydrogen) atoms. The normalized spacial score (nSPS) is 22.3. The number of nitrogens with zero attached hydrogens (tertiary/aromatic N) is 3. The fourth-order valence-corrected chi connectivity index (χ4v) is 4.14.